The number of carbonyl (C=O) groups is 2. The van der Waals surface area contributed by atoms with Crippen molar-refractivity contribution in [2.24, 2.45) is 5.92 Å². The quantitative estimate of drug-likeness (QED) is 0.456. The van der Waals surface area contributed by atoms with Gasteiger partial charge in [-0.1, -0.05) is 6.07 Å². The van der Waals surface area contributed by atoms with E-state index in [1.54, 1.807) is 13.1 Å². The number of likely N-dealkylation sites (tertiary alicyclic amines) is 1. The topological polar surface area (TPSA) is 146 Å². The number of sulfonamides is 1. The molecule has 0 radical (unpaired) electrons. The molecule has 0 saturated carbocycles. The minimum atomic E-state index is -5.08. The number of alkyl halides is 6. The lowest BCUT2D eigenvalue weighted by Gasteiger charge is -2.45. The van der Waals surface area contributed by atoms with Gasteiger partial charge in [-0.25, -0.2) is 22.7 Å². The highest BCUT2D eigenvalue weighted by atomic mass is 32.2. The summed E-state index contributed by atoms with van der Waals surface area (Å²) in [7, 11) is -3.23. The molecule has 3 heterocycles. The fraction of sp³-hybridized carbons (Fsp3) is 0.650. The van der Waals surface area contributed by atoms with Crippen molar-refractivity contribution in [1.82, 2.24) is 14.6 Å². The molecule has 0 aromatic carbocycles. The molecule has 37 heavy (non-hydrogen) atoms. The maximum atomic E-state index is 12.0. The molecule has 0 unspecified atom stereocenters. The second-order valence-corrected chi connectivity index (χ2v) is 10.1. The Bertz CT molecular complexity index is 953. The molecule has 3 atom stereocenters. The smallest absolute Gasteiger partial charge is 0.475 e. The minimum absolute atomic E-state index is 0.00442. The van der Waals surface area contributed by atoms with Gasteiger partial charge in [0.05, 0.1) is 17.9 Å². The van der Waals surface area contributed by atoms with Crippen LogP contribution in [0, 0.1) is 5.92 Å². The fourth-order valence-corrected chi connectivity index (χ4v) is 4.43. The van der Waals surface area contributed by atoms with Crippen LogP contribution >= 0.6 is 0 Å². The van der Waals surface area contributed by atoms with Gasteiger partial charge in [-0.05, 0) is 37.3 Å². The Morgan fingerprint density at radius 1 is 1.14 bits per heavy atom. The lowest BCUT2D eigenvalue weighted by molar-refractivity contribution is -0.193. The Hall–Kier alpha value is -2.50. The number of halogens is 6. The fourth-order valence-electron chi connectivity index (χ4n) is 3.59. The summed E-state index contributed by atoms with van der Waals surface area (Å²) >= 11 is 0. The molecule has 1 aromatic rings. The number of hydrogen-bond donors (Lipinski definition) is 3. The van der Waals surface area contributed by atoms with Crippen molar-refractivity contribution in [1.29, 1.82) is 0 Å². The Balaban J connectivity index is 0.000000404. The third-order valence-corrected chi connectivity index (χ3v) is 6.59. The van der Waals surface area contributed by atoms with E-state index in [1.165, 1.54) is 0 Å². The molecule has 2 fully saturated rings. The molecule has 0 aliphatic carbocycles. The van der Waals surface area contributed by atoms with Gasteiger partial charge in [-0.2, -0.15) is 26.3 Å². The van der Waals surface area contributed by atoms with Crippen LogP contribution < -0.4 is 4.72 Å². The summed E-state index contributed by atoms with van der Waals surface area (Å²) in [5.74, 6) is -5.03. The highest BCUT2D eigenvalue weighted by Gasteiger charge is 2.41. The van der Waals surface area contributed by atoms with Crippen LogP contribution in [-0.2, 0) is 30.9 Å². The molecule has 3 rings (SSSR count). The molecular weight excluding hydrogens is 540 g/mol. The molecule has 1 aromatic heterocycles. The highest BCUT2D eigenvalue weighted by Crippen LogP contribution is 2.29. The number of piperidine rings is 1. The lowest BCUT2D eigenvalue weighted by atomic mass is 9.85. The van der Waals surface area contributed by atoms with E-state index in [0.717, 1.165) is 38.1 Å². The maximum absolute atomic E-state index is 12.0. The number of fused-ring (bicyclic) bond motifs is 1. The van der Waals surface area contributed by atoms with E-state index < -0.39 is 34.3 Å². The molecule has 0 spiro atoms. The normalized spacial score (nSPS) is 22.4. The van der Waals surface area contributed by atoms with Crippen molar-refractivity contribution in [3.63, 3.8) is 0 Å². The predicted molar refractivity (Wildman–Crippen MR) is 116 cm³/mol. The number of ether oxygens (including phenoxy) is 1. The molecule has 212 valence electrons. The van der Waals surface area contributed by atoms with Crippen molar-refractivity contribution in [3.05, 3.63) is 30.1 Å². The maximum Gasteiger partial charge on any atom is 0.490 e. The zero-order valence-electron chi connectivity index (χ0n) is 19.5. The molecule has 17 heteroatoms. The van der Waals surface area contributed by atoms with Gasteiger partial charge < -0.3 is 14.9 Å². The molecule has 2 aliphatic rings. The van der Waals surface area contributed by atoms with Crippen molar-refractivity contribution in [3.8, 4) is 0 Å². The molecule has 0 bridgehead atoms. The number of nitrogens with one attached hydrogen (secondary N) is 1. The van der Waals surface area contributed by atoms with E-state index in [2.05, 4.69) is 20.7 Å². The number of carboxylic acids is 2. The summed E-state index contributed by atoms with van der Waals surface area (Å²) in [6.45, 7) is 4.81. The van der Waals surface area contributed by atoms with E-state index in [0.29, 0.717) is 12.5 Å². The van der Waals surface area contributed by atoms with Gasteiger partial charge in [-0.3, -0.25) is 9.88 Å². The van der Waals surface area contributed by atoms with Crippen molar-refractivity contribution < 1.29 is 59.3 Å². The zero-order valence-corrected chi connectivity index (χ0v) is 20.3. The van der Waals surface area contributed by atoms with Crippen LogP contribution in [0.1, 0.15) is 25.3 Å². The third-order valence-electron chi connectivity index (χ3n) is 5.16. The predicted octanol–water partition coefficient (Wildman–Crippen LogP) is 2.27. The molecular formula is C20H27F6N3O7S. The van der Waals surface area contributed by atoms with Crippen molar-refractivity contribution in [2.75, 3.05) is 25.4 Å². The van der Waals surface area contributed by atoms with Crippen LogP contribution in [-0.4, -0.2) is 90.4 Å². The van der Waals surface area contributed by atoms with Crippen LogP contribution in [0.2, 0.25) is 0 Å². The number of rotatable bonds is 5. The average molecular weight is 568 g/mol. The Morgan fingerprint density at radius 3 is 2.16 bits per heavy atom. The standard InChI is InChI=1S/C16H25N3O3S.2C2HF3O2/c1-2-23(20,21)18-15-12-19(10-13-5-3-7-17-9-13)11-14-6-4-8-22-16(14)15;2*3-2(4,5)1(6)7/h3,5,7,9,14-16,18H,2,4,6,8,10-12H2,1H3;2*(H,6,7)/t14-,15+,16-;;/m0../s1. The van der Waals surface area contributed by atoms with Crippen LogP contribution in [0.4, 0.5) is 26.3 Å². The van der Waals surface area contributed by atoms with E-state index in [-0.39, 0.29) is 17.9 Å². The second-order valence-electron chi connectivity index (χ2n) is 8.03. The largest absolute Gasteiger partial charge is 0.490 e. The van der Waals surface area contributed by atoms with Crippen LogP contribution in [0.3, 0.4) is 0 Å². The van der Waals surface area contributed by atoms with E-state index >= 15 is 0 Å². The highest BCUT2D eigenvalue weighted by molar-refractivity contribution is 7.89. The van der Waals surface area contributed by atoms with E-state index in [4.69, 9.17) is 24.5 Å². The number of aromatic nitrogens is 1. The number of carboxylic acid groups (broad SMARTS) is 2. The second kappa shape index (κ2) is 13.9. The Labute approximate surface area is 208 Å². The molecule has 3 N–H and O–H groups in total. The van der Waals surface area contributed by atoms with Crippen molar-refractivity contribution in [2.45, 2.75) is 50.8 Å². The van der Waals surface area contributed by atoms with Crippen LogP contribution in [0.5, 0.6) is 0 Å². The summed E-state index contributed by atoms with van der Waals surface area (Å²) < 4.78 is 96.3. The van der Waals surface area contributed by atoms with Crippen molar-refractivity contribution >= 4 is 22.0 Å². The first-order valence-electron chi connectivity index (χ1n) is 10.8. The number of pyridine rings is 1. The molecule has 10 nitrogen and oxygen atoms in total. The summed E-state index contributed by atoms with van der Waals surface area (Å²) in [4.78, 5) is 24.3. The summed E-state index contributed by atoms with van der Waals surface area (Å²) in [6, 6.07) is 3.82. The van der Waals surface area contributed by atoms with Gasteiger partial charge in [0, 0.05) is 38.6 Å². The Morgan fingerprint density at radius 2 is 1.70 bits per heavy atom. The molecule has 0 amide bonds. The van der Waals surface area contributed by atoms with E-state index in [1.807, 2.05) is 12.3 Å². The van der Waals surface area contributed by atoms with Gasteiger partial charge in [0.25, 0.3) is 0 Å². The summed E-state index contributed by atoms with van der Waals surface area (Å²) in [6.07, 6.45) is -4.39. The van der Waals surface area contributed by atoms with Gasteiger partial charge in [0.1, 0.15) is 0 Å². The van der Waals surface area contributed by atoms with Gasteiger partial charge in [0.15, 0.2) is 0 Å². The summed E-state index contributed by atoms with van der Waals surface area (Å²) in [5.41, 5.74) is 1.15. The first-order chi connectivity index (χ1) is 17.0. The van der Waals surface area contributed by atoms with Crippen LogP contribution in [0.25, 0.3) is 0 Å². The lowest BCUT2D eigenvalue weighted by Crippen LogP contribution is -2.60. The monoisotopic (exact) mass is 567 g/mol. The van der Waals surface area contributed by atoms with Crippen LogP contribution in [0.15, 0.2) is 24.5 Å². The van der Waals surface area contributed by atoms with Gasteiger partial charge >= 0.3 is 24.3 Å². The number of aliphatic carboxylic acids is 2. The van der Waals surface area contributed by atoms with E-state index in [9.17, 15) is 34.8 Å². The first-order valence-corrected chi connectivity index (χ1v) is 12.4. The SMILES string of the molecule is CCS(=O)(=O)N[C@@H]1CN(Cc2cccnc2)C[C@@H]2CCCO[C@@H]21.O=C(O)C(F)(F)F.O=C(O)C(F)(F)F. The first kappa shape index (κ1) is 32.5. The minimum Gasteiger partial charge on any atom is -0.475 e. The molecule has 2 saturated heterocycles. The number of nitrogens with zero attached hydrogens (tertiary/aromatic N) is 2. The number of hydrogen-bond acceptors (Lipinski definition) is 7. The summed E-state index contributed by atoms with van der Waals surface area (Å²) in [5, 5.41) is 14.2. The Kier molecular flexibility index (Phi) is 12.2. The average Bonchev–Trinajstić information content (AvgIpc) is 2.79. The third kappa shape index (κ3) is 12.1. The van der Waals surface area contributed by atoms with Gasteiger partial charge in [0.2, 0.25) is 10.0 Å². The zero-order chi connectivity index (χ0) is 28.4. The van der Waals surface area contributed by atoms with Gasteiger partial charge in [-0.15, -0.1) is 0 Å². The molecule has 2 aliphatic heterocycles.